The molecule has 1 heterocycles. The number of hydrogen-bond donors (Lipinski definition) is 1. The lowest BCUT2D eigenvalue weighted by Gasteiger charge is -2.18. The molecular weight excluding hydrogens is 567 g/mol. The van der Waals surface area contributed by atoms with Crippen LogP contribution in [0.5, 0.6) is 11.5 Å². The number of hydrogen-bond acceptors (Lipinski definition) is 6. The highest BCUT2D eigenvalue weighted by Gasteiger charge is 2.39. The van der Waals surface area contributed by atoms with Crippen LogP contribution in [-0.2, 0) is 22.3 Å². The standard InChI is InChI=1S/C28H25ClF3N3O4S/c1-16-7-9-20(13-21(16)29)34-27-35(15-17-8-10-22(38-2)23(11-17)39-3)26(37)24(40-27)14-25(36)33-19-6-4-5-18(12-19)28(30,31)32/h4-13,24H,14-15H2,1-3H3,(H,33,36)/t24-/m0/s1. The molecule has 1 fully saturated rings. The fourth-order valence-corrected chi connectivity index (χ4v) is 5.28. The second-order valence-corrected chi connectivity index (χ2v) is 10.5. The number of anilines is 1. The first-order valence-electron chi connectivity index (χ1n) is 12.0. The number of thioether (sulfide) groups is 1. The van der Waals surface area contributed by atoms with Crippen LogP contribution in [0, 0.1) is 6.92 Å². The van der Waals surface area contributed by atoms with Crippen LogP contribution in [0.15, 0.2) is 65.7 Å². The molecule has 0 spiro atoms. The molecule has 0 radical (unpaired) electrons. The normalized spacial score (nSPS) is 16.4. The van der Waals surface area contributed by atoms with Gasteiger partial charge in [0.15, 0.2) is 16.7 Å². The van der Waals surface area contributed by atoms with Gasteiger partial charge in [-0.1, -0.05) is 41.6 Å². The number of ether oxygens (including phenoxy) is 2. The highest BCUT2D eigenvalue weighted by molar-refractivity contribution is 8.15. The molecule has 0 aromatic heterocycles. The van der Waals surface area contributed by atoms with Gasteiger partial charge < -0.3 is 14.8 Å². The summed E-state index contributed by atoms with van der Waals surface area (Å²) in [6, 6.07) is 14.8. The van der Waals surface area contributed by atoms with E-state index >= 15 is 0 Å². The van der Waals surface area contributed by atoms with Gasteiger partial charge in [-0.05, 0) is 60.5 Å². The van der Waals surface area contributed by atoms with E-state index in [-0.39, 0.29) is 24.6 Å². The van der Waals surface area contributed by atoms with Crippen LogP contribution in [0.3, 0.4) is 0 Å². The Kier molecular flexibility index (Phi) is 8.95. The number of aryl methyl sites for hydroxylation is 1. The van der Waals surface area contributed by atoms with E-state index in [1.54, 1.807) is 30.3 Å². The van der Waals surface area contributed by atoms with Crippen molar-refractivity contribution in [2.24, 2.45) is 4.99 Å². The number of rotatable bonds is 8. The molecular formula is C28H25ClF3N3O4S. The predicted octanol–water partition coefficient (Wildman–Crippen LogP) is 6.84. The third-order valence-corrected chi connectivity index (χ3v) is 7.62. The summed E-state index contributed by atoms with van der Waals surface area (Å²) >= 11 is 7.37. The minimum Gasteiger partial charge on any atom is -0.493 e. The maximum atomic E-state index is 13.5. The molecule has 3 aromatic rings. The van der Waals surface area contributed by atoms with E-state index in [0.717, 1.165) is 35.0 Å². The maximum absolute atomic E-state index is 13.5. The van der Waals surface area contributed by atoms with Gasteiger partial charge in [0.05, 0.1) is 32.0 Å². The quantitative estimate of drug-likeness (QED) is 0.310. The van der Waals surface area contributed by atoms with Gasteiger partial charge in [0.1, 0.15) is 5.25 Å². The molecule has 3 aromatic carbocycles. The number of carbonyl (C=O) groups excluding carboxylic acids is 2. The lowest BCUT2D eigenvalue weighted by molar-refractivity contribution is -0.137. The Morgan fingerprint density at radius 2 is 1.82 bits per heavy atom. The zero-order valence-corrected chi connectivity index (χ0v) is 23.3. The Balaban J connectivity index is 1.58. The number of nitrogens with zero attached hydrogens (tertiary/aromatic N) is 2. The van der Waals surface area contributed by atoms with Crippen LogP contribution in [0.1, 0.15) is 23.1 Å². The minimum atomic E-state index is -4.55. The second-order valence-electron chi connectivity index (χ2n) is 8.88. The van der Waals surface area contributed by atoms with E-state index in [0.29, 0.717) is 27.4 Å². The highest BCUT2D eigenvalue weighted by atomic mass is 35.5. The Morgan fingerprint density at radius 1 is 1.07 bits per heavy atom. The lowest BCUT2D eigenvalue weighted by Crippen LogP contribution is -2.33. The first kappa shape index (κ1) is 29.3. The Bertz CT molecular complexity index is 1460. The summed E-state index contributed by atoms with van der Waals surface area (Å²) in [5.41, 5.74) is 1.23. The zero-order valence-electron chi connectivity index (χ0n) is 21.7. The number of benzene rings is 3. The molecule has 0 unspecified atom stereocenters. The first-order chi connectivity index (χ1) is 19.0. The molecule has 2 amide bonds. The molecule has 210 valence electrons. The SMILES string of the molecule is COc1ccc(CN2C(=O)[C@H](CC(=O)Nc3cccc(C(F)(F)F)c3)SC2=Nc2ccc(C)c(Cl)c2)cc1OC. The van der Waals surface area contributed by atoms with Crippen LogP contribution in [0.2, 0.25) is 5.02 Å². The van der Waals surface area contributed by atoms with Crippen molar-refractivity contribution >= 4 is 51.7 Å². The second kappa shape index (κ2) is 12.2. The van der Waals surface area contributed by atoms with E-state index in [2.05, 4.69) is 10.3 Å². The smallest absolute Gasteiger partial charge is 0.416 e. The third-order valence-electron chi connectivity index (χ3n) is 6.03. The number of nitrogens with one attached hydrogen (secondary N) is 1. The Hall–Kier alpha value is -3.70. The van der Waals surface area contributed by atoms with Crippen molar-refractivity contribution in [2.75, 3.05) is 19.5 Å². The van der Waals surface area contributed by atoms with E-state index in [9.17, 15) is 22.8 Å². The average molecular weight is 592 g/mol. The minimum absolute atomic E-state index is 0.0133. The molecule has 1 atom stereocenters. The first-order valence-corrected chi connectivity index (χ1v) is 13.2. The summed E-state index contributed by atoms with van der Waals surface area (Å²) < 4.78 is 49.8. The summed E-state index contributed by atoms with van der Waals surface area (Å²) in [5.74, 6) is 0.0487. The number of aliphatic imine (C=N–C) groups is 1. The summed E-state index contributed by atoms with van der Waals surface area (Å²) in [6.45, 7) is 1.99. The average Bonchev–Trinajstić information content (AvgIpc) is 3.18. The fourth-order valence-electron chi connectivity index (χ4n) is 3.95. The van der Waals surface area contributed by atoms with Gasteiger partial charge >= 0.3 is 6.18 Å². The van der Waals surface area contributed by atoms with Gasteiger partial charge in [-0.2, -0.15) is 13.2 Å². The molecule has 7 nitrogen and oxygen atoms in total. The van der Waals surface area contributed by atoms with Crippen LogP contribution in [0.25, 0.3) is 0 Å². The number of amidine groups is 1. The van der Waals surface area contributed by atoms with Gasteiger partial charge in [-0.25, -0.2) is 4.99 Å². The Morgan fingerprint density at radius 3 is 2.50 bits per heavy atom. The summed E-state index contributed by atoms with van der Waals surface area (Å²) in [7, 11) is 3.02. The van der Waals surface area contributed by atoms with Gasteiger partial charge in [0.2, 0.25) is 11.8 Å². The van der Waals surface area contributed by atoms with Crippen molar-refractivity contribution in [3.05, 3.63) is 82.4 Å². The topological polar surface area (TPSA) is 80.2 Å². The summed E-state index contributed by atoms with van der Waals surface area (Å²) in [5, 5.41) is 2.49. The van der Waals surface area contributed by atoms with Crippen LogP contribution in [-0.4, -0.2) is 41.4 Å². The summed E-state index contributed by atoms with van der Waals surface area (Å²) in [4.78, 5) is 32.4. The van der Waals surface area contributed by atoms with Gasteiger partial charge in [0.25, 0.3) is 0 Å². The van der Waals surface area contributed by atoms with Crippen molar-refractivity contribution in [3.8, 4) is 11.5 Å². The zero-order chi connectivity index (χ0) is 29.0. The van der Waals surface area contributed by atoms with Crippen LogP contribution >= 0.6 is 23.4 Å². The lowest BCUT2D eigenvalue weighted by atomic mass is 10.1. The predicted molar refractivity (Wildman–Crippen MR) is 149 cm³/mol. The van der Waals surface area contributed by atoms with E-state index < -0.39 is 22.9 Å². The summed E-state index contributed by atoms with van der Waals surface area (Å²) in [6.07, 6.45) is -4.82. The van der Waals surface area contributed by atoms with Crippen LogP contribution in [0.4, 0.5) is 24.5 Å². The van der Waals surface area contributed by atoms with Gasteiger partial charge in [0, 0.05) is 17.1 Å². The molecule has 12 heteroatoms. The van der Waals surface area contributed by atoms with Crippen LogP contribution < -0.4 is 14.8 Å². The molecule has 1 aliphatic heterocycles. The Labute approximate surface area is 238 Å². The fraction of sp³-hybridized carbons (Fsp3) is 0.250. The number of halogens is 4. The molecule has 0 aliphatic carbocycles. The number of carbonyl (C=O) groups is 2. The highest BCUT2D eigenvalue weighted by Crippen LogP contribution is 2.36. The van der Waals surface area contributed by atoms with Crippen molar-refractivity contribution in [3.63, 3.8) is 0 Å². The van der Waals surface area contributed by atoms with Crippen molar-refractivity contribution in [1.29, 1.82) is 0 Å². The van der Waals surface area contributed by atoms with E-state index in [4.69, 9.17) is 21.1 Å². The molecule has 40 heavy (non-hydrogen) atoms. The van der Waals surface area contributed by atoms with E-state index in [1.807, 2.05) is 13.0 Å². The van der Waals surface area contributed by atoms with Crippen molar-refractivity contribution in [2.45, 2.75) is 31.3 Å². The molecule has 1 aliphatic rings. The monoisotopic (exact) mass is 591 g/mol. The van der Waals surface area contributed by atoms with Gasteiger partial charge in [-0.3, -0.25) is 14.5 Å². The maximum Gasteiger partial charge on any atom is 0.416 e. The van der Waals surface area contributed by atoms with Crippen molar-refractivity contribution < 1.29 is 32.2 Å². The molecule has 0 saturated carbocycles. The molecule has 1 saturated heterocycles. The van der Waals surface area contributed by atoms with Gasteiger partial charge in [-0.15, -0.1) is 0 Å². The number of methoxy groups -OCH3 is 2. The number of alkyl halides is 3. The molecule has 0 bridgehead atoms. The van der Waals surface area contributed by atoms with Crippen molar-refractivity contribution in [1.82, 2.24) is 4.90 Å². The third kappa shape index (κ3) is 6.89. The molecule has 4 rings (SSSR count). The van der Waals surface area contributed by atoms with E-state index in [1.165, 1.54) is 31.3 Å². The largest absolute Gasteiger partial charge is 0.493 e. The number of amides is 2. The molecule has 1 N–H and O–H groups in total.